The van der Waals surface area contributed by atoms with Gasteiger partial charge in [-0.15, -0.1) is 0 Å². The number of halogens is 1. The topological polar surface area (TPSA) is 58.4 Å². The lowest BCUT2D eigenvalue weighted by molar-refractivity contribution is -0.128. The molecule has 23 heavy (non-hydrogen) atoms. The van der Waals surface area contributed by atoms with Crippen LogP contribution >= 0.6 is 11.6 Å². The number of hydrogen-bond donors (Lipinski definition) is 1. The predicted octanol–water partition coefficient (Wildman–Crippen LogP) is 3.37. The predicted molar refractivity (Wildman–Crippen MR) is 89.7 cm³/mol. The Bertz CT molecular complexity index is 726. The van der Waals surface area contributed by atoms with Crippen LogP contribution in [0.2, 0.25) is 5.02 Å². The molecule has 1 amide bonds. The molecular weight excluding hydrogens is 314 g/mol. The first-order valence-electron chi connectivity index (χ1n) is 8.30. The van der Waals surface area contributed by atoms with Gasteiger partial charge >= 0.3 is 0 Å². The van der Waals surface area contributed by atoms with Crippen molar-refractivity contribution >= 4 is 34.6 Å². The molecule has 0 radical (unpaired) electrons. The molecule has 2 fully saturated rings. The van der Waals surface area contributed by atoms with Crippen molar-refractivity contribution in [2.75, 3.05) is 18.0 Å². The van der Waals surface area contributed by atoms with Crippen LogP contribution < -0.4 is 10.2 Å². The fourth-order valence-electron chi connectivity index (χ4n) is 3.28. The first-order chi connectivity index (χ1) is 11.2. The summed E-state index contributed by atoms with van der Waals surface area (Å²) in [6.07, 6.45) is 5.29. The van der Waals surface area contributed by atoms with Crippen LogP contribution in [0.25, 0.3) is 11.1 Å². The van der Waals surface area contributed by atoms with E-state index < -0.39 is 0 Å². The van der Waals surface area contributed by atoms with Gasteiger partial charge in [-0.25, -0.2) is 0 Å². The van der Waals surface area contributed by atoms with E-state index >= 15 is 0 Å². The Labute approximate surface area is 140 Å². The number of carbonyl (C=O) groups is 1. The van der Waals surface area contributed by atoms with Crippen molar-refractivity contribution in [3.05, 3.63) is 23.2 Å². The third-order valence-corrected chi connectivity index (χ3v) is 5.09. The Morgan fingerprint density at radius 1 is 1.30 bits per heavy atom. The van der Waals surface area contributed by atoms with Gasteiger partial charge in [0.2, 0.25) is 5.91 Å². The van der Waals surface area contributed by atoms with E-state index in [1.807, 2.05) is 12.1 Å². The number of amides is 1. The van der Waals surface area contributed by atoms with Crippen LogP contribution in [-0.4, -0.2) is 30.0 Å². The fraction of sp³-hybridized carbons (Fsp3) is 0.529. The molecule has 1 aliphatic carbocycles. The van der Waals surface area contributed by atoms with E-state index in [0.29, 0.717) is 11.0 Å². The van der Waals surface area contributed by atoms with Gasteiger partial charge in [0.1, 0.15) is 5.52 Å². The molecule has 1 atom stereocenters. The van der Waals surface area contributed by atoms with E-state index in [-0.39, 0.29) is 17.9 Å². The third-order valence-electron chi connectivity index (χ3n) is 4.85. The minimum atomic E-state index is 0.176. The largest absolute Gasteiger partial charge is 0.423 e. The summed E-state index contributed by atoms with van der Waals surface area (Å²) in [6, 6.07) is 6.24. The van der Waals surface area contributed by atoms with Crippen LogP contribution in [0.4, 0.5) is 6.01 Å². The molecule has 122 valence electrons. The number of oxazole rings is 1. The van der Waals surface area contributed by atoms with E-state index in [2.05, 4.69) is 15.2 Å². The maximum absolute atomic E-state index is 12.1. The second kappa shape index (κ2) is 6.04. The van der Waals surface area contributed by atoms with Gasteiger partial charge in [0, 0.05) is 30.1 Å². The number of benzene rings is 1. The molecule has 1 aromatic heterocycles. The third kappa shape index (κ3) is 3.02. The van der Waals surface area contributed by atoms with Crippen molar-refractivity contribution in [1.29, 1.82) is 0 Å². The Hall–Kier alpha value is -1.75. The zero-order chi connectivity index (χ0) is 15.8. The summed E-state index contributed by atoms with van der Waals surface area (Å²) < 4.78 is 5.84. The minimum Gasteiger partial charge on any atom is -0.423 e. The lowest BCUT2D eigenvalue weighted by Gasteiger charge is -2.34. The Kier molecular flexibility index (Phi) is 3.89. The van der Waals surface area contributed by atoms with Gasteiger partial charge in [-0.05, 0) is 43.9 Å². The molecular formula is C17H20ClN3O2. The van der Waals surface area contributed by atoms with Gasteiger partial charge in [0.05, 0.1) is 0 Å². The first kappa shape index (κ1) is 14.8. The quantitative estimate of drug-likeness (QED) is 0.935. The summed E-state index contributed by atoms with van der Waals surface area (Å²) >= 11 is 6.00. The van der Waals surface area contributed by atoms with Gasteiger partial charge in [-0.3, -0.25) is 4.79 Å². The highest BCUT2D eigenvalue weighted by molar-refractivity contribution is 6.31. The maximum Gasteiger partial charge on any atom is 0.298 e. The number of nitrogens with one attached hydrogen (secondary N) is 1. The van der Waals surface area contributed by atoms with E-state index in [9.17, 15) is 4.79 Å². The molecule has 0 spiro atoms. The standard InChI is InChI=1S/C17H20ClN3O2/c18-12-6-7-15-14(9-12)20-17(23-15)21-8-2-5-13(10-21)19-16(22)11-3-1-4-11/h6-7,9,11,13H,1-5,8,10H2,(H,19,22). The van der Waals surface area contributed by atoms with E-state index in [0.717, 1.165) is 49.9 Å². The van der Waals surface area contributed by atoms with E-state index in [1.165, 1.54) is 6.42 Å². The second-order valence-corrected chi connectivity index (χ2v) is 6.97. The van der Waals surface area contributed by atoms with Gasteiger partial charge < -0.3 is 14.6 Å². The summed E-state index contributed by atoms with van der Waals surface area (Å²) in [5.74, 6) is 0.448. The molecule has 1 aliphatic heterocycles. The lowest BCUT2D eigenvalue weighted by atomic mass is 9.84. The van der Waals surface area contributed by atoms with Crippen LogP contribution in [0.5, 0.6) is 0 Å². The van der Waals surface area contributed by atoms with Crippen LogP contribution in [0.3, 0.4) is 0 Å². The minimum absolute atomic E-state index is 0.176. The average Bonchev–Trinajstić information content (AvgIpc) is 2.88. The number of hydrogen-bond acceptors (Lipinski definition) is 4. The summed E-state index contributed by atoms with van der Waals surface area (Å²) in [6.45, 7) is 1.65. The van der Waals surface area contributed by atoms with Gasteiger partial charge in [0.15, 0.2) is 5.58 Å². The summed E-state index contributed by atoms with van der Waals surface area (Å²) in [5, 5.41) is 3.85. The molecule has 1 unspecified atom stereocenters. The molecule has 1 saturated heterocycles. The smallest absolute Gasteiger partial charge is 0.298 e. The molecule has 4 rings (SSSR count). The fourth-order valence-corrected chi connectivity index (χ4v) is 3.45. The van der Waals surface area contributed by atoms with Crippen molar-refractivity contribution < 1.29 is 9.21 Å². The summed E-state index contributed by atoms with van der Waals surface area (Å²) in [4.78, 5) is 18.8. The van der Waals surface area contributed by atoms with Crippen molar-refractivity contribution in [1.82, 2.24) is 10.3 Å². The van der Waals surface area contributed by atoms with Crippen LogP contribution in [0.15, 0.2) is 22.6 Å². The zero-order valence-electron chi connectivity index (χ0n) is 12.9. The number of rotatable bonds is 3. The zero-order valence-corrected chi connectivity index (χ0v) is 13.7. The molecule has 6 heteroatoms. The molecule has 0 bridgehead atoms. The van der Waals surface area contributed by atoms with Crippen molar-refractivity contribution in [3.63, 3.8) is 0 Å². The van der Waals surface area contributed by atoms with Gasteiger partial charge in [-0.1, -0.05) is 18.0 Å². The van der Waals surface area contributed by atoms with Crippen LogP contribution in [0, 0.1) is 5.92 Å². The Balaban J connectivity index is 1.46. The van der Waals surface area contributed by atoms with E-state index in [1.54, 1.807) is 6.07 Å². The molecule has 5 nitrogen and oxygen atoms in total. The second-order valence-electron chi connectivity index (χ2n) is 6.53. The maximum atomic E-state index is 12.1. The Morgan fingerprint density at radius 3 is 2.96 bits per heavy atom. The number of anilines is 1. The highest BCUT2D eigenvalue weighted by Crippen LogP contribution is 2.28. The van der Waals surface area contributed by atoms with Crippen molar-refractivity contribution in [2.24, 2.45) is 5.92 Å². The van der Waals surface area contributed by atoms with Crippen molar-refractivity contribution in [2.45, 2.75) is 38.1 Å². The molecule has 2 aromatic rings. The summed E-state index contributed by atoms with van der Waals surface area (Å²) in [7, 11) is 0. The number of piperidine rings is 1. The van der Waals surface area contributed by atoms with Crippen LogP contribution in [0.1, 0.15) is 32.1 Å². The normalized spacial score (nSPS) is 22.1. The Morgan fingerprint density at radius 2 is 2.17 bits per heavy atom. The molecule has 2 heterocycles. The number of fused-ring (bicyclic) bond motifs is 1. The lowest BCUT2D eigenvalue weighted by Crippen LogP contribution is -2.50. The van der Waals surface area contributed by atoms with E-state index in [4.69, 9.17) is 16.0 Å². The van der Waals surface area contributed by atoms with Crippen molar-refractivity contribution in [3.8, 4) is 0 Å². The monoisotopic (exact) mass is 333 g/mol. The SMILES string of the molecule is O=C(NC1CCCN(c2nc3cc(Cl)ccc3o2)C1)C1CCC1. The first-order valence-corrected chi connectivity index (χ1v) is 8.68. The molecule has 1 saturated carbocycles. The highest BCUT2D eigenvalue weighted by atomic mass is 35.5. The number of aromatic nitrogens is 1. The van der Waals surface area contributed by atoms with Gasteiger partial charge in [0.25, 0.3) is 6.01 Å². The molecule has 1 aromatic carbocycles. The number of carbonyl (C=O) groups excluding carboxylic acids is 1. The summed E-state index contributed by atoms with van der Waals surface area (Å²) in [5.41, 5.74) is 1.51. The van der Waals surface area contributed by atoms with Crippen LogP contribution in [-0.2, 0) is 4.79 Å². The molecule has 1 N–H and O–H groups in total. The molecule has 2 aliphatic rings. The van der Waals surface area contributed by atoms with Gasteiger partial charge in [-0.2, -0.15) is 4.98 Å². The number of nitrogens with zero attached hydrogens (tertiary/aromatic N) is 2. The highest BCUT2D eigenvalue weighted by Gasteiger charge is 2.29. The average molecular weight is 334 g/mol.